The lowest BCUT2D eigenvalue weighted by Gasteiger charge is -2.29. The summed E-state index contributed by atoms with van der Waals surface area (Å²) in [5.41, 5.74) is 0.970. The molecule has 1 aromatic rings. The van der Waals surface area contributed by atoms with E-state index in [4.69, 9.17) is 17.4 Å². The van der Waals surface area contributed by atoms with E-state index in [9.17, 15) is 0 Å². The van der Waals surface area contributed by atoms with Gasteiger partial charge in [-0.25, -0.2) is 5.84 Å². The minimum atomic E-state index is 0.337. The molecule has 1 aliphatic heterocycles. The number of nitrogens with two attached hydrogens (primary N) is 1. The highest BCUT2D eigenvalue weighted by Gasteiger charge is 2.27. The molecule has 0 saturated heterocycles. The minimum absolute atomic E-state index is 0.337. The third-order valence-electron chi connectivity index (χ3n) is 2.79. The topological polar surface area (TPSA) is 41.6 Å². The number of anilines is 1. The van der Waals surface area contributed by atoms with E-state index in [0.29, 0.717) is 11.8 Å². The molecule has 0 bridgehead atoms. The molecule has 2 heterocycles. The molecule has 0 unspecified atom stereocenters. The van der Waals surface area contributed by atoms with Crippen LogP contribution in [0.5, 0.6) is 0 Å². The van der Waals surface area contributed by atoms with E-state index >= 15 is 0 Å². The maximum Gasteiger partial charge on any atom is 0.135 e. The lowest BCUT2D eigenvalue weighted by atomic mass is 9.96. The third-order valence-corrected chi connectivity index (χ3v) is 4.96. The quantitative estimate of drug-likeness (QED) is 0.659. The molecule has 16 heavy (non-hydrogen) atoms. The highest BCUT2D eigenvalue weighted by atomic mass is 35.5. The summed E-state index contributed by atoms with van der Waals surface area (Å²) in [5.74, 6) is 7.85. The third kappa shape index (κ3) is 2.09. The van der Waals surface area contributed by atoms with Crippen LogP contribution in [0.3, 0.4) is 0 Å². The van der Waals surface area contributed by atoms with Crippen molar-refractivity contribution in [1.29, 1.82) is 0 Å². The summed E-state index contributed by atoms with van der Waals surface area (Å²) in [5, 5.41) is 1.67. The number of fused-ring (bicyclic) bond motifs is 1. The number of nitrogens with zero attached hydrogens (tertiary/aromatic N) is 2. The van der Waals surface area contributed by atoms with Gasteiger partial charge in [-0.2, -0.15) is 4.40 Å². The Morgan fingerprint density at radius 2 is 2.12 bits per heavy atom. The van der Waals surface area contributed by atoms with Crippen molar-refractivity contribution < 1.29 is 0 Å². The first-order chi connectivity index (χ1) is 7.50. The summed E-state index contributed by atoms with van der Waals surface area (Å²) in [6.07, 6.45) is 0. The van der Waals surface area contributed by atoms with Crippen molar-refractivity contribution >= 4 is 46.4 Å². The largest absolute Gasteiger partial charge is 0.263 e. The van der Waals surface area contributed by atoms with Crippen LogP contribution in [0.1, 0.15) is 20.8 Å². The maximum absolute atomic E-state index is 6.08. The molecule has 0 spiro atoms. The van der Waals surface area contributed by atoms with Crippen LogP contribution in [-0.4, -0.2) is 5.84 Å². The fraction of sp³-hybridized carbons (Fsp3) is 0.500. The van der Waals surface area contributed by atoms with E-state index in [0.717, 1.165) is 20.1 Å². The van der Waals surface area contributed by atoms with Crippen LogP contribution in [0.2, 0.25) is 4.34 Å². The summed E-state index contributed by atoms with van der Waals surface area (Å²) >= 11 is 8.96. The van der Waals surface area contributed by atoms with E-state index in [1.165, 1.54) is 23.3 Å². The molecule has 0 amide bonds. The van der Waals surface area contributed by atoms with Crippen LogP contribution in [0.4, 0.5) is 5.69 Å². The van der Waals surface area contributed by atoms with Crippen LogP contribution in [0, 0.1) is 11.8 Å². The zero-order chi connectivity index (χ0) is 11.9. The Morgan fingerprint density at radius 1 is 1.44 bits per heavy atom. The van der Waals surface area contributed by atoms with Crippen LogP contribution in [-0.2, 0) is 0 Å². The summed E-state index contributed by atoms with van der Waals surface area (Å²) in [6.45, 7) is 6.48. The Bertz CT molecular complexity index is 428. The summed E-state index contributed by atoms with van der Waals surface area (Å²) in [4.78, 5) is 0. The van der Waals surface area contributed by atoms with Crippen LogP contribution in [0.25, 0.3) is 0 Å². The molecule has 1 aromatic heterocycles. The average molecular weight is 276 g/mol. The maximum atomic E-state index is 6.08. The normalized spacial score (nSPS) is 17.4. The zero-order valence-corrected chi connectivity index (χ0v) is 11.8. The number of hydrazine groups is 1. The van der Waals surface area contributed by atoms with Gasteiger partial charge in [0, 0.05) is 17.9 Å². The number of halogens is 1. The van der Waals surface area contributed by atoms with Crippen molar-refractivity contribution in [3.8, 4) is 0 Å². The van der Waals surface area contributed by atoms with Gasteiger partial charge in [0.2, 0.25) is 0 Å². The van der Waals surface area contributed by atoms with Crippen molar-refractivity contribution in [1.82, 2.24) is 0 Å². The van der Waals surface area contributed by atoms with Gasteiger partial charge < -0.3 is 0 Å². The average Bonchev–Trinajstić information content (AvgIpc) is 2.59. The van der Waals surface area contributed by atoms with Gasteiger partial charge in [-0.3, -0.25) is 5.01 Å². The Kier molecular flexibility index (Phi) is 3.49. The minimum Gasteiger partial charge on any atom is -0.263 e. The predicted octanol–water partition coefficient (Wildman–Crippen LogP) is 3.79. The fourth-order valence-electron chi connectivity index (χ4n) is 1.43. The molecule has 2 N–H and O–H groups in total. The molecule has 0 saturated carbocycles. The first kappa shape index (κ1) is 12.2. The molecule has 3 nitrogen and oxygen atoms in total. The lowest BCUT2D eigenvalue weighted by Crippen LogP contribution is -2.43. The molecule has 1 aliphatic rings. The standard InChI is InChI=1S/C10H14ClN3S2/c1-5(2)6(3)9-13-16-10-7(14(9)12)4-8(11)15-10/h4-6H,12H2,1-3H3/t6-/m1/s1. The second-order valence-electron chi connectivity index (χ2n) is 4.17. The highest BCUT2D eigenvalue weighted by Crippen LogP contribution is 2.44. The molecule has 0 aromatic carbocycles. The first-order valence-corrected chi connectivity index (χ1v) is 7.06. The molecule has 0 fully saturated rings. The smallest absolute Gasteiger partial charge is 0.135 e. The SMILES string of the molecule is CC(C)[C@@H](C)C1=NSc2sc(Cl)cc2N1N. The number of thiophene rings is 1. The van der Waals surface area contributed by atoms with Gasteiger partial charge >= 0.3 is 0 Å². The van der Waals surface area contributed by atoms with E-state index < -0.39 is 0 Å². The van der Waals surface area contributed by atoms with E-state index in [2.05, 4.69) is 25.2 Å². The van der Waals surface area contributed by atoms with Crippen molar-refractivity contribution in [3.05, 3.63) is 10.4 Å². The van der Waals surface area contributed by atoms with E-state index in [1.54, 1.807) is 5.01 Å². The Hall–Kier alpha value is -0.230. The number of amidine groups is 1. The van der Waals surface area contributed by atoms with Gasteiger partial charge in [-0.05, 0) is 12.0 Å². The molecule has 0 aliphatic carbocycles. The Labute approximate surface area is 109 Å². The Morgan fingerprint density at radius 3 is 2.75 bits per heavy atom. The lowest BCUT2D eigenvalue weighted by molar-refractivity contribution is 0.526. The van der Waals surface area contributed by atoms with Gasteiger partial charge in [0.15, 0.2) is 0 Å². The second-order valence-corrected chi connectivity index (χ2v) is 6.88. The molecule has 88 valence electrons. The van der Waals surface area contributed by atoms with Crippen LogP contribution >= 0.6 is 34.9 Å². The second kappa shape index (κ2) is 4.56. The molecule has 6 heteroatoms. The first-order valence-electron chi connectivity index (χ1n) is 5.09. The molecule has 1 atom stereocenters. The van der Waals surface area contributed by atoms with Gasteiger partial charge in [0.1, 0.15) is 10.0 Å². The van der Waals surface area contributed by atoms with E-state index in [1.807, 2.05) is 6.07 Å². The fourth-order valence-corrected chi connectivity index (χ4v) is 3.72. The number of hydrogen-bond acceptors (Lipinski definition) is 5. The van der Waals surface area contributed by atoms with Crippen molar-refractivity contribution in [2.75, 3.05) is 5.01 Å². The predicted molar refractivity (Wildman–Crippen MR) is 73.3 cm³/mol. The Balaban J connectivity index is 2.30. The van der Waals surface area contributed by atoms with Gasteiger partial charge in [-0.15, -0.1) is 11.3 Å². The summed E-state index contributed by atoms with van der Waals surface area (Å²) in [7, 11) is 0. The molecule has 0 radical (unpaired) electrons. The van der Waals surface area contributed by atoms with Crippen molar-refractivity contribution in [2.45, 2.75) is 25.0 Å². The number of hydrogen-bond donors (Lipinski definition) is 1. The number of rotatable bonds is 2. The monoisotopic (exact) mass is 275 g/mol. The molecule has 2 rings (SSSR count). The zero-order valence-electron chi connectivity index (χ0n) is 9.40. The van der Waals surface area contributed by atoms with Gasteiger partial charge in [-0.1, -0.05) is 32.4 Å². The summed E-state index contributed by atoms with van der Waals surface area (Å²) < 4.78 is 6.29. The van der Waals surface area contributed by atoms with Crippen molar-refractivity contribution in [3.63, 3.8) is 0 Å². The van der Waals surface area contributed by atoms with Crippen LogP contribution in [0.15, 0.2) is 14.7 Å². The van der Waals surface area contributed by atoms with Gasteiger partial charge in [0.25, 0.3) is 0 Å². The van der Waals surface area contributed by atoms with Crippen LogP contribution < -0.4 is 10.9 Å². The van der Waals surface area contributed by atoms with E-state index in [-0.39, 0.29) is 0 Å². The summed E-state index contributed by atoms with van der Waals surface area (Å²) in [6, 6.07) is 1.90. The van der Waals surface area contributed by atoms with Gasteiger partial charge in [0.05, 0.1) is 10.0 Å². The highest BCUT2D eigenvalue weighted by molar-refractivity contribution is 8.00. The molecular weight excluding hydrogens is 262 g/mol. The van der Waals surface area contributed by atoms with Crippen molar-refractivity contribution in [2.24, 2.45) is 22.1 Å². The molecular formula is C10H14ClN3S2.